The highest BCUT2D eigenvalue weighted by Crippen LogP contribution is 2.29. The summed E-state index contributed by atoms with van der Waals surface area (Å²) in [4.78, 5) is 2.68. The molecule has 1 aliphatic heterocycles. The monoisotopic (exact) mass is 288 g/mol. The van der Waals surface area contributed by atoms with Crippen LogP contribution in [0.25, 0.3) is 0 Å². The highest BCUT2D eigenvalue weighted by atomic mass is 15.2. The van der Waals surface area contributed by atoms with Gasteiger partial charge in [-0.05, 0) is 42.9 Å². The minimum atomic E-state index is 0.384. The summed E-state index contributed by atoms with van der Waals surface area (Å²) in [5.74, 6) is 0.594. The second-order valence-electron chi connectivity index (χ2n) is 6.72. The fourth-order valence-electron chi connectivity index (χ4n) is 3.61. The van der Waals surface area contributed by atoms with E-state index in [1.54, 1.807) is 0 Å². The Labute approximate surface area is 130 Å². The van der Waals surface area contributed by atoms with Gasteiger partial charge in [-0.3, -0.25) is 4.90 Å². The van der Waals surface area contributed by atoms with Gasteiger partial charge in [-0.25, -0.2) is 0 Å². The Morgan fingerprint density at radius 2 is 1.76 bits per heavy atom. The molecule has 0 aromatic heterocycles. The van der Waals surface area contributed by atoms with Gasteiger partial charge in [-0.15, -0.1) is 0 Å². The van der Waals surface area contributed by atoms with Crippen LogP contribution in [0.4, 0.5) is 0 Å². The average Bonchev–Trinajstić information content (AvgIpc) is 2.74. The molecular formula is C19H32N2. The van der Waals surface area contributed by atoms with Crippen molar-refractivity contribution in [2.24, 2.45) is 5.73 Å². The van der Waals surface area contributed by atoms with Gasteiger partial charge in [0.25, 0.3) is 0 Å². The number of hydrogen-bond donors (Lipinski definition) is 1. The van der Waals surface area contributed by atoms with Crippen LogP contribution < -0.4 is 5.73 Å². The Morgan fingerprint density at radius 1 is 1.10 bits per heavy atom. The minimum absolute atomic E-state index is 0.384. The lowest BCUT2D eigenvalue weighted by molar-refractivity contribution is 0.136. The van der Waals surface area contributed by atoms with Gasteiger partial charge in [0.05, 0.1) is 0 Å². The number of nitrogens with zero attached hydrogens (tertiary/aromatic N) is 1. The molecule has 2 unspecified atom stereocenters. The molecule has 1 aliphatic rings. The van der Waals surface area contributed by atoms with E-state index in [9.17, 15) is 0 Å². The van der Waals surface area contributed by atoms with E-state index in [2.05, 4.69) is 49.9 Å². The quantitative estimate of drug-likeness (QED) is 0.866. The third kappa shape index (κ3) is 4.08. The number of hydrogen-bond acceptors (Lipinski definition) is 2. The van der Waals surface area contributed by atoms with Crippen molar-refractivity contribution in [3.05, 3.63) is 35.4 Å². The summed E-state index contributed by atoms with van der Waals surface area (Å²) in [7, 11) is 0. The Balaban J connectivity index is 2.20. The third-order valence-corrected chi connectivity index (χ3v) is 5.01. The molecule has 1 saturated heterocycles. The summed E-state index contributed by atoms with van der Waals surface area (Å²) >= 11 is 0. The van der Waals surface area contributed by atoms with Crippen LogP contribution in [0.5, 0.6) is 0 Å². The second kappa shape index (κ2) is 7.95. The number of nitrogens with two attached hydrogens (primary N) is 1. The number of benzene rings is 1. The SMILES string of the molecule is CCC1CCCCCN1C(CN)c1ccc(C(C)C)cc1. The first-order chi connectivity index (χ1) is 10.2. The van der Waals surface area contributed by atoms with Crippen molar-refractivity contribution in [1.29, 1.82) is 0 Å². The molecule has 0 bridgehead atoms. The molecule has 1 aromatic carbocycles. The Kier molecular flexibility index (Phi) is 6.25. The lowest BCUT2D eigenvalue weighted by Gasteiger charge is -2.36. The number of rotatable bonds is 5. The van der Waals surface area contributed by atoms with E-state index in [0.29, 0.717) is 18.0 Å². The summed E-state index contributed by atoms with van der Waals surface area (Å²) in [5, 5.41) is 0. The molecule has 2 rings (SSSR count). The van der Waals surface area contributed by atoms with Crippen molar-refractivity contribution >= 4 is 0 Å². The van der Waals surface area contributed by atoms with E-state index in [1.807, 2.05) is 0 Å². The van der Waals surface area contributed by atoms with E-state index in [0.717, 1.165) is 6.54 Å². The zero-order valence-electron chi connectivity index (χ0n) is 14.0. The van der Waals surface area contributed by atoms with Gasteiger partial charge in [-0.2, -0.15) is 0 Å². The van der Waals surface area contributed by atoms with Gasteiger partial charge in [-0.1, -0.05) is 57.9 Å². The summed E-state index contributed by atoms with van der Waals surface area (Å²) in [6, 6.07) is 10.2. The topological polar surface area (TPSA) is 29.3 Å². The maximum Gasteiger partial charge on any atom is 0.0473 e. The first kappa shape index (κ1) is 16.5. The maximum absolute atomic E-state index is 6.16. The first-order valence-electron chi connectivity index (χ1n) is 8.73. The van der Waals surface area contributed by atoms with Crippen LogP contribution in [0.15, 0.2) is 24.3 Å². The standard InChI is InChI=1S/C19H32N2/c1-4-18-8-6-5-7-13-21(18)19(14-20)17-11-9-16(10-12-17)15(2)3/h9-12,15,18-19H,4-8,13-14,20H2,1-3H3. The van der Waals surface area contributed by atoms with Crippen molar-refractivity contribution in [3.63, 3.8) is 0 Å². The van der Waals surface area contributed by atoms with Gasteiger partial charge in [0.15, 0.2) is 0 Å². The zero-order chi connectivity index (χ0) is 15.2. The predicted molar refractivity (Wildman–Crippen MR) is 91.6 cm³/mol. The van der Waals surface area contributed by atoms with Gasteiger partial charge in [0.2, 0.25) is 0 Å². The Hall–Kier alpha value is -0.860. The zero-order valence-corrected chi connectivity index (χ0v) is 14.0. The molecule has 0 aliphatic carbocycles. The first-order valence-corrected chi connectivity index (χ1v) is 8.73. The van der Waals surface area contributed by atoms with Crippen LogP contribution in [-0.2, 0) is 0 Å². The molecule has 0 radical (unpaired) electrons. The van der Waals surface area contributed by atoms with Crippen molar-refractivity contribution < 1.29 is 0 Å². The van der Waals surface area contributed by atoms with E-state index < -0.39 is 0 Å². The molecule has 2 N–H and O–H groups in total. The van der Waals surface area contributed by atoms with Crippen molar-refractivity contribution in [1.82, 2.24) is 4.90 Å². The van der Waals surface area contributed by atoms with Crippen LogP contribution in [0.1, 0.15) is 76.0 Å². The molecule has 1 fully saturated rings. The van der Waals surface area contributed by atoms with Gasteiger partial charge in [0, 0.05) is 18.6 Å². The van der Waals surface area contributed by atoms with E-state index in [4.69, 9.17) is 5.73 Å². The molecular weight excluding hydrogens is 256 g/mol. The molecule has 2 nitrogen and oxygen atoms in total. The molecule has 1 aromatic rings. The molecule has 2 atom stereocenters. The fraction of sp³-hybridized carbons (Fsp3) is 0.684. The fourth-order valence-corrected chi connectivity index (χ4v) is 3.61. The van der Waals surface area contributed by atoms with Crippen molar-refractivity contribution in [2.45, 2.75) is 70.9 Å². The average molecular weight is 288 g/mol. The van der Waals surface area contributed by atoms with Gasteiger partial charge < -0.3 is 5.73 Å². The predicted octanol–water partition coefficient (Wildman–Crippen LogP) is 4.46. The van der Waals surface area contributed by atoms with Gasteiger partial charge in [0.1, 0.15) is 0 Å². The summed E-state index contributed by atoms with van der Waals surface area (Å²) in [6.07, 6.45) is 6.63. The maximum atomic E-state index is 6.16. The smallest absolute Gasteiger partial charge is 0.0473 e. The second-order valence-corrected chi connectivity index (χ2v) is 6.72. The van der Waals surface area contributed by atoms with Crippen molar-refractivity contribution in [2.75, 3.05) is 13.1 Å². The highest BCUT2D eigenvalue weighted by Gasteiger charge is 2.26. The molecule has 118 valence electrons. The molecule has 0 saturated carbocycles. The van der Waals surface area contributed by atoms with Crippen LogP contribution in [0.3, 0.4) is 0 Å². The molecule has 0 spiro atoms. The molecule has 21 heavy (non-hydrogen) atoms. The van der Waals surface area contributed by atoms with E-state index in [-0.39, 0.29) is 0 Å². The van der Waals surface area contributed by atoms with E-state index >= 15 is 0 Å². The normalized spacial score (nSPS) is 22.2. The summed E-state index contributed by atoms with van der Waals surface area (Å²) < 4.78 is 0. The van der Waals surface area contributed by atoms with E-state index in [1.165, 1.54) is 49.8 Å². The number of likely N-dealkylation sites (tertiary alicyclic amines) is 1. The van der Waals surface area contributed by atoms with Crippen molar-refractivity contribution in [3.8, 4) is 0 Å². The molecule has 0 amide bonds. The largest absolute Gasteiger partial charge is 0.329 e. The Bertz CT molecular complexity index is 410. The molecule has 2 heteroatoms. The van der Waals surface area contributed by atoms with Crippen LogP contribution in [-0.4, -0.2) is 24.0 Å². The lowest BCUT2D eigenvalue weighted by Crippen LogP contribution is -2.41. The highest BCUT2D eigenvalue weighted by molar-refractivity contribution is 5.27. The molecule has 1 heterocycles. The van der Waals surface area contributed by atoms with Gasteiger partial charge >= 0.3 is 0 Å². The lowest BCUT2D eigenvalue weighted by atomic mass is 9.97. The minimum Gasteiger partial charge on any atom is -0.329 e. The third-order valence-electron chi connectivity index (χ3n) is 5.01. The summed E-state index contributed by atoms with van der Waals surface area (Å²) in [5.41, 5.74) is 8.97. The van der Waals surface area contributed by atoms with Crippen LogP contribution >= 0.6 is 0 Å². The van der Waals surface area contributed by atoms with Crippen LogP contribution in [0, 0.1) is 0 Å². The van der Waals surface area contributed by atoms with Crippen LogP contribution in [0.2, 0.25) is 0 Å². The summed E-state index contributed by atoms with van der Waals surface area (Å²) in [6.45, 7) is 8.73. The Morgan fingerprint density at radius 3 is 2.33 bits per heavy atom.